The number of hydrogen-bond donors (Lipinski definition) is 0. The number of nitrogens with zero attached hydrogens (tertiary/aromatic N) is 1. The Bertz CT molecular complexity index is 600. The van der Waals surface area contributed by atoms with Gasteiger partial charge in [-0.15, -0.1) is 0 Å². The fraction of sp³-hybridized carbons (Fsp3) is 0.600. The topological polar surface area (TPSA) is 77.8 Å². The predicted molar refractivity (Wildman–Crippen MR) is 95.7 cm³/mol. The van der Waals surface area contributed by atoms with E-state index in [0.29, 0.717) is 18.1 Å². The van der Waals surface area contributed by atoms with Crippen LogP contribution in [0.2, 0.25) is 0 Å². The SMILES string of the molecule is CCCCC[C@H]1OC[C@@](C#N)(C(=O)Oc2ccc(OCCC)cc2)CO1. The second kappa shape index (κ2) is 10.1. The van der Waals surface area contributed by atoms with Gasteiger partial charge < -0.3 is 18.9 Å². The second-order valence-corrected chi connectivity index (χ2v) is 6.45. The summed E-state index contributed by atoms with van der Waals surface area (Å²) >= 11 is 0. The molecule has 2 rings (SSSR count). The highest BCUT2D eigenvalue weighted by atomic mass is 16.7. The zero-order valence-corrected chi connectivity index (χ0v) is 15.5. The van der Waals surface area contributed by atoms with Crippen LogP contribution in [0, 0.1) is 16.7 Å². The number of ether oxygens (including phenoxy) is 4. The summed E-state index contributed by atoms with van der Waals surface area (Å²) in [6.07, 6.45) is 4.55. The molecule has 26 heavy (non-hydrogen) atoms. The van der Waals surface area contributed by atoms with Crippen LogP contribution in [0.3, 0.4) is 0 Å². The average Bonchev–Trinajstić information content (AvgIpc) is 2.68. The van der Waals surface area contributed by atoms with E-state index in [1.807, 2.05) is 13.0 Å². The van der Waals surface area contributed by atoms with Crippen molar-refractivity contribution in [3.05, 3.63) is 24.3 Å². The minimum Gasteiger partial charge on any atom is -0.494 e. The summed E-state index contributed by atoms with van der Waals surface area (Å²) < 4.78 is 22.0. The molecule has 1 saturated heterocycles. The largest absolute Gasteiger partial charge is 0.494 e. The molecule has 1 aromatic carbocycles. The Hall–Kier alpha value is -2.10. The predicted octanol–water partition coefficient (Wildman–Crippen LogP) is 3.84. The van der Waals surface area contributed by atoms with E-state index in [9.17, 15) is 10.1 Å². The minimum absolute atomic E-state index is 0.0170. The molecule has 1 aliphatic rings. The molecule has 1 aromatic rings. The highest BCUT2D eigenvalue weighted by Crippen LogP contribution is 2.29. The number of benzene rings is 1. The standard InChI is InChI=1S/C20H27NO5/c1-3-5-6-7-18-24-14-20(13-21,15-25-18)19(22)26-17-10-8-16(9-11-17)23-12-4-2/h8-11,18H,3-7,12,14-15H2,1-2H3/t18-,20+. The molecule has 6 nitrogen and oxygen atoms in total. The Morgan fingerprint density at radius 2 is 1.81 bits per heavy atom. The second-order valence-electron chi connectivity index (χ2n) is 6.45. The first kappa shape index (κ1) is 20.2. The lowest BCUT2D eigenvalue weighted by atomic mass is 9.91. The summed E-state index contributed by atoms with van der Waals surface area (Å²) in [5.41, 5.74) is -1.43. The van der Waals surface area contributed by atoms with Crippen LogP contribution in [0.5, 0.6) is 11.5 Å². The maximum absolute atomic E-state index is 12.5. The van der Waals surface area contributed by atoms with E-state index in [-0.39, 0.29) is 19.5 Å². The Morgan fingerprint density at radius 1 is 1.15 bits per heavy atom. The van der Waals surface area contributed by atoms with Gasteiger partial charge in [-0.2, -0.15) is 5.26 Å². The molecule has 0 amide bonds. The Kier molecular flexibility index (Phi) is 7.89. The van der Waals surface area contributed by atoms with Crippen LogP contribution in [-0.4, -0.2) is 32.1 Å². The molecule has 0 aromatic heterocycles. The van der Waals surface area contributed by atoms with E-state index in [1.165, 1.54) is 0 Å². The van der Waals surface area contributed by atoms with E-state index in [0.717, 1.165) is 32.1 Å². The Labute approximate surface area is 155 Å². The van der Waals surface area contributed by atoms with Gasteiger partial charge in [0.1, 0.15) is 11.5 Å². The van der Waals surface area contributed by atoms with Crippen molar-refractivity contribution in [2.75, 3.05) is 19.8 Å². The lowest BCUT2D eigenvalue weighted by Gasteiger charge is -2.33. The van der Waals surface area contributed by atoms with Crippen molar-refractivity contribution in [2.45, 2.75) is 52.2 Å². The maximum atomic E-state index is 12.5. The highest BCUT2D eigenvalue weighted by Gasteiger charge is 2.46. The first-order valence-corrected chi connectivity index (χ1v) is 9.23. The zero-order chi connectivity index (χ0) is 18.8. The van der Waals surface area contributed by atoms with Crippen molar-refractivity contribution < 1.29 is 23.7 Å². The first-order valence-electron chi connectivity index (χ1n) is 9.23. The van der Waals surface area contributed by atoms with Crippen LogP contribution in [0.15, 0.2) is 24.3 Å². The molecule has 0 unspecified atom stereocenters. The lowest BCUT2D eigenvalue weighted by molar-refractivity contribution is -0.223. The summed E-state index contributed by atoms with van der Waals surface area (Å²) in [6, 6.07) is 8.77. The molecular weight excluding hydrogens is 334 g/mol. The molecule has 0 aliphatic carbocycles. The average molecular weight is 361 g/mol. The molecule has 142 valence electrons. The van der Waals surface area contributed by atoms with Gasteiger partial charge in [-0.3, -0.25) is 0 Å². The monoisotopic (exact) mass is 361 g/mol. The van der Waals surface area contributed by atoms with E-state index in [2.05, 4.69) is 6.92 Å². The highest BCUT2D eigenvalue weighted by molar-refractivity contribution is 5.82. The zero-order valence-electron chi connectivity index (χ0n) is 15.5. The van der Waals surface area contributed by atoms with Crippen LogP contribution in [0.25, 0.3) is 0 Å². The number of nitriles is 1. The fourth-order valence-corrected chi connectivity index (χ4v) is 2.54. The van der Waals surface area contributed by atoms with E-state index in [1.54, 1.807) is 24.3 Å². The summed E-state index contributed by atoms with van der Waals surface area (Å²) in [7, 11) is 0. The van der Waals surface area contributed by atoms with Crippen LogP contribution in [-0.2, 0) is 14.3 Å². The van der Waals surface area contributed by atoms with Crippen molar-refractivity contribution in [3.8, 4) is 17.6 Å². The molecule has 1 heterocycles. The van der Waals surface area contributed by atoms with Crippen molar-refractivity contribution in [3.63, 3.8) is 0 Å². The Morgan fingerprint density at radius 3 is 2.38 bits per heavy atom. The van der Waals surface area contributed by atoms with Crippen LogP contribution >= 0.6 is 0 Å². The molecule has 6 heteroatoms. The van der Waals surface area contributed by atoms with E-state index in [4.69, 9.17) is 18.9 Å². The normalized spacial score (nSPS) is 22.4. The molecule has 1 fully saturated rings. The van der Waals surface area contributed by atoms with Crippen molar-refractivity contribution in [1.29, 1.82) is 5.26 Å². The van der Waals surface area contributed by atoms with Gasteiger partial charge in [0.25, 0.3) is 0 Å². The van der Waals surface area contributed by atoms with Gasteiger partial charge in [-0.25, -0.2) is 4.79 Å². The number of carbonyl (C=O) groups is 1. The molecular formula is C20H27NO5. The third kappa shape index (κ3) is 5.45. The number of hydrogen-bond acceptors (Lipinski definition) is 6. The molecule has 0 radical (unpaired) electrons. The quantitative estimate of drug-likeness (QED) is 0.378. The number of carbonyl (C=O) groups excluding carboxylic acids is 1. The van der Waals surface area contributed by atoms with Gasteiger partial charge in [-0.1, -0.05) is 26.7 Å². The maximum Gasteiger partial charge on any atom is 0.336 e. The molecule has 1 aliphatic heterocycles. The van der Waals surface area contributed by atoms with Crippen LogP contribution in [0.1, 0.15) is 46.0 Å². The molecule has 0 atom stereocenters. The minimum atomic E-state index is -1.43. The summed E-state index contributed by atoms with van der Waals surface area (Å²) in [4.78, 5) is 12.5. The van der Waals surface area contributed by atoms with Gasteiger partial charge in [-0.05, 0) is 43.5 Å². The van der Waals surface area contributed by atoms with E-state index >= 15 is 0 Å². The van der Waals surface area contributed by atoms with Crippen molar-refractivity contribution in [2.24, 2.45) is 5.41 Å². The smallest absolute Gasteiger partial charge is 0.336 e. The lowest BCUT2D eigenvalue weighted by Crippen LogP contribution is -2.48. The van der Waals surface area contributed by atoms with Gasteiger partial charge in [0.05, 0.1) is 25.9 Å². The number of unbranched alkanes of at least 4 members (excludes halogenated alkanes) is 2. The summed E-state index contributed by atoms with van der Waals surface area (Å²) in [6.45, 7) is 4.75. The number of rotatable bonds is 9. The third-order valence-electron chi connectivity index (χ3n) is 4.19. The number of esters is 1. The van der Waals surface area contributed by atoms with Gasteiger partial charge in [0.15, 0.2) is 6.29 Å². The molecule has 0 saturated carbocycles. The van der Waals surface area contributed by atoms with Crippen molar-refractivity contribution in [1.82, 2.24) is 0 Å². The fourth-order valence-electron chi connectivity index (χ4n) is 2.54. The first-order chi connectivity index (χ1) is 12.6. The molecule has 0 bridgehead atoms. The van der Waals surface area contributed by atoms with Gasteiger partial charge in [0, 0.05) is 0 Å². The summed E-state index contributed by atoms with van der Waals surface area (Å²) in [5.74, 6) is 0.411. The molecule has 0 N–H and O–H groups in total. The van der Waals surface area contributed by atoms with Gasteiger partial charge in [0.2, 0.25) is 5.41 Å². The van der Waals surface area contributed by atoms with E-state index < -0.39 is 11.4 Å². The third-order valence-corrected chi connectivity index (χ3v) is 4.19. The van der Waals surface area contributed by atoms with Crippen LogP contribution < -0.4 is 9.47 Å². The van der Waals surface area contributed by atoms with Crippen LogP contribution in [0.4, 0.5) is 0 Å². The Balaban J connectivity index is 1.89. The van der Waals surface area contributed by atoms with Crippen molar-refractivity contribution >= 4 is 5.97 Å². The van der Waals surface area contributed by atoms with Gasteiger partial charge >= 0.3 is 5.97 Å². The molecule has 0 spiro atoms. The summed E-state index contributed by atoms with van der Waals surface area (Å²) in [5, 5.41) is 9.50.